The Balaban J connectivity index is 1.60. The third kappa shape index (κ3) is 2.38. The molecule has 4 heteroatoms. The van der Waals surface area contributed by atoms with Crippen LogP contribution >= 0.6 is 0 Å². The molecule has 0 amide bonds. The average molecular weight is 279 g/mol. The summed E-state index contributed by atoms with van der Waals surface area (Å²) in [7, 11) is 0. The van der Waals surface area contributed by atoms with E-state index in [0.717, 1.165) is 36.7 Å². The van der Waals surface area contributed by atoms with E-state index in [-0.39, 0.29) is 0 Å². The number of hydrogen-bond donors (Lipinski definition) is 1. The molecule has 1 saturated heterocycles. The van der Waals surface area contributed by atoms with Gasteiger partial charge in [-0.05, 0) is 17.7 Å². The number of para-hydroxylation sites is 2. The van der Waals surface area contributed by atoms with Crippen LogP contribution in [-0.2, 0) is 0 Å². The zero-order chi connectivity index (χ0) is 14.1. The first-order valence-corrected chi connectivity index (χ1v) is 7.29. The summed E-state index contributed by atoms with van der Waals surface area (Å²) in [5, 5.41) is 3.56. The largest absolute Gasteiger partial charge is 0.423 e. The van der Waals surface area contributed by atoms with Crippen LogP contribution in [0.1, 0.15) is 11.6 Å². The van der Waals surface area contributed by atoms with Gasteiger partial charge in [0.1, 0.15) is 5.52 Å². The number of nitrogens with zero attached hydrogens (tertiary/aromatic N) is 2. The van der Waals surface area contributed by atoms with E-state index in [1.807, 2.05) is 30.3 Å². The second-order valence-electron chi connectivity index (χ2n) is 5.33. The Morgan fingerprint density at radius 3 is 2.71 bits per heavy atom. The number of rotatable bonds is 2. The molecule has 1 unspecified atom stereocenters. The van der Waals surface area contributed by atoms with Gasteiger partial charge in [0.25, 0.3) is 6.01 Å². The lowest BCUT2D eigenvalue weighted by Crippen LogP contribution is -2.46. The second kappa shape index (κ2) is 5.22. The van der Waals surface area contributed by atoms with E-state index in [4.69, 9.17) is 4.42 Å². The van der Waals surface area contributed by atoms with Gasteiger partial charge in [0.05, 0.1) is 6.04 Å². The van der Waals surface area contributed by atoms with Crippen molar-refractivity contribution in [3.8, 4) is 0 Å². The molecular formula is C17H17N3O. The maximum atomic E-state index is 5.88. The number of oxazole rings is 1. The number of aromatic nitrogens is 1. The minimum absolute atomic E-state index is 0.315. The van der Waals surface area contributed by atoms with Gasteiger partial charge in [0.15, 0.2) is 5.58 Å². The molecule has 1 N–H and O–H groups in total. The third-order valence-electron chi connectivity index (χ3n) is 3.93. The zero-order valence-corrected chi connectivity index (χ0v) is 11.7. The van der Waals surface area contributed by atoms with Crippen LogP contribution in [0.3, 0.4) is 0 Å². The summed E-state index contributed by atoms with van der Waals surface area (Å²) in [4.78, 5) is 6.81. The highest BCUT2D eigenvalue weighted by atomic mass is 16.4. The van der Waals surface area contributed by atoms with Crippen LogP contribution in [0, 0.1) is 0 Å². The third-order valence-corrected chi connectivity index (χ3v) is 3.93. The van der Waals surface area contributed by atoms with Crippen molar-refractivity contribution in [2.75, 3.05) is 24.5 Å². The van der Waals surface area contributed by atoms with E-state index in [1.54, 1.807) is 0 Å². The molecule has 106 valence electrons. The fraction of sp³-hybridized carbons (Fsp3) is 0.235. The quantitative estimate of drug-likeness (QED) is 0.783. The molecule has 0 aliphatic carbocycles. The molecule has 0 radical (unpaired) electrons. The molecule has 2 heterocycles. The van der Waals surface area contributed by atoms with Gasteiger partial charge < -0.3 is 14.6 Å². The van der Waals surface area contributed by atoms with Crippen molar-refractivity contribution in [1.82, 2.24) is 10.3 Å². The van der Waals surface area contributed by atoms with Crippen LogP contribution in [-0.4, -0.2) is 24.6 Å². The fourth-order valence-electron chi connectivity index (χ4n) is 2.83. The Labute approximate surface area is 123 Å². The normalized spacial score (nSPS) is 19.0. The smallest absolute Gasteiger partial charge is 0.298 e. The van der Waals surface area contributed by atoms with Crippen molar-refractivity contribution in [2.45, 2.75) is 6.04 Å². The van der Waals surface area contributed by atoms with E-state index in [2.05, 4.69) is 39.5 Å². The Morgan fingerprint density at radius 2 is 1.86 bits per heavy atom. The van der Waals surface area contributed by atoms with E-state index in [0.29, 0.717) is 6.04 Å². The van der Waals surface area contributed by atoms with Crippen molar-refractivity contribution < 1.29 is 4.42 Å². The number of anilines is 1. The highest BCUT2D eigenvalue weighted by Crippen LogP contribution is 2.25. The van der Waals surface area contributed by atoms with Crippen LogP contribution in [0.25, 0.3) is 11.1 Å². The van der Waals surface area contributed by atoms with Gasteiger partial charge in [-0.1, -0.05) is 42.5 Å². The summed E-state index contributed by atoms with van der Waals surface area (Å²) >= 11 is 0. The van der Waals surface area contributed by atoms with E-state index in [1.165, 1.54) is 5.56 Å². The molecule has 1 aromatic heterocycles. The number of fused-ring (bicyclic) bond motifs is 1. The molecule has 0 saturated carbocycles. The predicted molar refractivity (Wildman–Crippen MR) is 83.4 cm³/mol. The Kier molecular flexibility index (Phi) is 3.09. The van der Waals surface area contributed by atoms with Gasteiger partial charge in [0, 0.05) is 19.6 Å². The van der Waals surface area contributed by atoms with Crippen LogP contribution < -0.4 is 10.2 Å². The fourth-order valence-corrected chi connectivity index (χ4v) is 2.83. The number of hydrogen-bond acceptors (Lipinski definition) is 4. The summed E-state index contributed by atoms with van der Waals surface area (Å²) in [6.45, 7) is 2.71. The first-order chi connectivity index (χ1) is 10.4. The standard InChI is InChI=1S/C17H17N3O/c1-2-6-13(7-3-1)15-12-20(11-10-18-15)17-19-14-8-4-5-9-16(14)21-17/h1-9,15,18H,10-12H2. The van der Waals surface area contributed by atoms with Gasteiger partial charge in [-0.3, -0.25) is 0 Å². The molecule has 1 fully saturated rings. The topological polar surface area (TPSA) is 41.3 Å². The first-order valence-electron chi connectivity index (χ1n) is 7.29. The summed E-state index contributed by atoms with van der Waals surface area (Å²) < 4.78 is 5.88. The lowest BCUT2D eigenvalue weighted by atomic mass is 10.1. The van der Waals surface area contributed by atoms with Gasteiger partial charge >= 0.3 is 0 Å². The highest BCUT2D eigenvalue weighted by molar-refractivity contribution is 5.74. The van der Waals surface area contributed by atoms with Gasteiger partial charge in [-0.25, -0.2) is 0 Å². The van der Waals surface area contributed by atoms with Crippen molar-refractivity contribution in [1.29, 1.82) is 0 Å². The summed E-state index contributed by atoms with van der Waals surface area (Å²) in [5.74, 6) is 0. The molecule has 4 rings (SSSR count). The monoisotopic (exact) mass is 279 g/mol. The van der Waals surface area contributed by atoms with Crippen molar-refractivity contribution in [2.24, 2.45) is 0 Å². The van der Waals surface area contributed by atoms with Crippen LogP contribution in [0.2, 0.25) is 0 Å². The SMILES string of the molecule is c1ccc(C2CN(c3nc4ccccc4o3)CCN2)cc1. The molecule has 0 spiro atoms. The molecule has 4 nitrogen and oxygen atoms in total. The maximum absolute atomic E-state index is 5.88. The van der Waals surface area contributed by atoms with E-state index >= 15 is 0 Å². The summed E-state index contributed by atoms with van der Waals surface area (Å²) in [5.41, 5.74) is 3.07. The maximum Gasteiger partial charge on any atom is 0.298 e. The van der Waals surface area contributed by atoms with Gasteiger partial charge in [0.2, 0.25) is 0 Å². The van der Waals surface area contributed by atoms with E-state index < -0.39 is 0 Å². The second-order valence-corrected chi connectivity index (χ2v) is 5.33. The van der Waals surface area contributed by atoms with E-state index in [9.17, 15) is 0 Å². The van der Waals surface area contributed by atoms with Crippen molar-refractivity contribution >= 4 is 17.1 Å². The molecule has 1 atom stereocenters. The molecule has 0 bridgehead atoms. The predicted octanol–water partition coefficient (Wildman–Crippen LogP) is 2.98. The lowest BCUT2D eigenvalue weighted by Gasteiger charge is -2.32. The minimum Gasteiger partial charge on any atom is -0.423 e. The van der Waals surface area contributed by atoms with Crippen LogP contribution in [0.5, 0.6) is 0 Å². The molecule has 1 aliphatic heterocycles. The Morgan fingerprint density at radius 1 is 1.05 bits per heavy atom. The van der Waals surface area contributed by atoms with Crippen molar-refractivity contribution in [3.05, 3.63) is 60.2 Å². The Bertz CT molecular complexity index is 705. The van der Waals surface area contributed by atoms with Crippen LogP contribution in [0.15, 0.2) is 59.0 Å². The Hall–Kier alpha value is -2.33. The number of benzene rings is 2. The number of piperazine rings is 1. The lowest BCUT2D eigenvalue weighted by molar-refractivity contribution is 0.443. The van der Waals surface area contributed by atoms with Crippen molar-refractivity contribution in [3.63, 3.8) is 0 Å². The zero-order valence-electron chi connectivity index (χ0n) is 11.7. The highest BCUT2D eigenvalue weighted by Gasteiger charge is 2.23. The summed E-state index contributed by atoms with van der Waals surface area (Å²) in [6, 6.07) is 19.5. The molecule has 2 aromatic carbocycles. The molecular weight excluding hydrogens is 262 g/mol. The van der Waals surface area contributed by atoms with Gasteiger partial charge in [-0.2, -0.15) is 4.98 Å². The molecule has 3 aromatic rings. The summed E-state index contributed by atoms with van der Waals surface area (Å²) in [6.07, 6.45) is 0. The number of nitrogens with one attached hydrogen (secondary N) is 1. The molecule has 21 heavy (non-hydrogen) atoms. The first kappa shape index (κ1) is 12.4. The average Bonchev–Trinajstić information content (AvgIpc) is 3.00. The molecule has 1 aliphatic rings. The van der Waals surface area contributed by atoms with Crippen LogP contribution in [0.4, 0.5) is 6.01 Å². The minimum atomic E-state index is 0.315. The van der Waals surface area contributed by atoms with Gasteiger partial charge in [-0.15, -0.1) is 0 Å².